The number of rotatable bonds is 3. The van der Waals surface area contributed by atoms with Crippen molar-refractivity contribution in [1.82, 2.24) is 0 Å². The maximum absolute atomic E-state index is 12.9. The molecule has 3 saturated carbocycles. The number of fused-ring (bicyclic) bond motifs is 5. The molecular formula is C25H31NO5S. The Hall–Kier alpha value is -1.99. The van der Waals surface area contributed by atoms with Crippen molar-refractivity contribution >= 4 is 21.8 Å². The van der Waals surface area contributed by atoms with Crippen LogP contribution in [0.5, 0.6) is 0 Å². The molecule has 4 aliphatic rings. The molecule has 1 aromatic carbocycles. The van der Waals surface area contributed by atoms with Gasteiger partial charge in [0.2, 0.25) is 10.0 Å². The fourth-order valence-electron chi connectivity index (χ4n) is 7.32. The van der Waals surface area contributed by atoms with Gasteiger partial charge in [-0.05, 0) is 92.9 Å². The zero-order valence-electron chi connectivity index (χ0n) is 18.5. The van der Waals surface area contributed by atoms with Crippen molar-refractivity contribution < 1.29 is 22.7 Å². The number of esters is 1. The van der Waals surface area contributed by atoms with Gasteiger partial charge in [0.15, 0.2) is 5.78 Å². The van der Waals surface area contributed by atoms with Gasteiger partial charge in [0.05, 0.1) is 10.5 Å². The van der Waals surface area contributed by atoms with Crippen LogP contribution in [0.2, 0.25) is 0 Å². The van der Waals surface area contributed by atoms with Crippen molar-refractivity contribution in [2.75, 3.05) is 0 Å². The summed E-state index contributed by atoms with van der Waals surface area (Å²) in [5.41, 5.74) is 1.54. The van der Waals surface area contributed by atoms with Crippen LogP contribution in [-0.2, 0) is 19.6 Å². The monoisotopic (exact) mass is 457 g/mol. The highest BCUT2D eigenvalue weighted by atomic mass is 32.2. The van der Waals surface area contributed by atoms with Crippen LogP contribution in [-0.4, -0.2) is 26.3 Å². The molecule has 3 unspecified atom stereocenters. The summed E-state index contributed by atoms with van der Waals surface area (Å²) < 4.78 is 29.3. The van der Waals surface area contributed by atoms with E-state index in [9.17, 15) is 18.0 Å². The minimum atomic E-state index is -3.88. The lowest BCUT2D eigenvalue weighted by Gasteiger charge is -2.53. The molecule has 1 aromatic rings. The molecule has 5 rings (SSSR count). The number of carbonyl (C=O) groups is 2. The number of primary sulfonamides is 1. The number of allylic oxidation sites excluding steroid dienone is 1. The average molecular weight is 458 g/mol. The van der Waals surface area contributed by atoms with Gasteiger partial charge in [0.25, 0.3) is 0 Å². The predicted molar refractivity (Wildman–Crippen MR) is 119 cm³/mol. The Morgan fingerprint density at radius 2 is 1.91 bits per heavy atom. The molecule has 3 fully saturated rings. The molecule has 172 valence electrons. The minimum absolute atomic E-state index is 0.0555. The molecule has 32 heavy (non-hydrogen) atoms. The molecule has 0 aliphatic heterocycles. The predicted octanol–water partition coefficient (Wildman–Crippen LogP) is 4.00. The molecule has 0 heterocycles. The molecule has 2 N–H and O–H groups in total. The fraction of sp³-hybridized carbons (Fsp3) is 0.600. The van der Waals surface area contributed by atoms with Crippen LogP contribution in [0.3, 0.4) is 0 Å². The van der Waals surface area contributed by atoms with E-state index in [1.54, 1.807) is 6.07 Å². The maximum atomic E-state index is 12.9. The SMILES string of the molecule is C[C@]12CCC3C(CCC4=CC(=O)CC[C@@H]43)C1CC[C@@H]2OC(=O)c1cccc(S(N)(=O)=O)c1. The highest BCUT2D eigenvalue weighted by molar-refractivity contribution is 7.89. The topological polar surface area (TPSA) is 104 Å². The van der Waals surface area contributed by atoms with Gasteiger partial charge in [0, 0.05) is 11.8 Å². The number of sulfonamides is 1. The van der Waals surface area contributed by atoms with Gasteiger partial charge in [-0.3, -0.25) is 4.79 Å². The second-order valence-electron chi connectivity index (χ2n) is 10.4. The Balaban J connectivity index is 1.33. The number of hydrogen-bond donors (Lipinski definition) is 1. The molecule has 0 aromatic heterocycles. The van der Waals surface area contributed by atoms with E-state index in [-0.39, 0.29) is 27.8 Å². The Morgan fingerprint density at radius 1 is 1.09 bits per heavy atom. The zero-order valence-corrected chi connectivity index (χ0v) is 19.3. The van der Waals surface area contributed by atoms with E-state index in [0.29, 0.717) is 30.1 Å². The van der Waals surface area contributed by atoms with E-state index in [0.717, 1.165) is 44.9 Å². The maximum Gasteiger partial charge on any atom is 0.338 e. The van der Waals surface area contributed by atoms with E-state index < -0.39 is 16.0 Å². The summed E-state index contributed by atoms with van der Waals surface area (Å²) in [7, 11) is -3.88. The standard InChI is InChI=1S/C25H31NO5S/c1-25-12-11-20-19-8-6-17(27)13-15(19)5-7-21(20)22(25)9-10-23(25)31-24(28)16-3-2-4-18(14-16)32(26,29)30/h2-4,13-14,19-23H,5-12H2,1H3,(H2,26,29,30)/t19-,20?,21?,22?,23-,25-/m0/s1. The zero-order chi connectivity index (χ0) is 22.7. The first-order valence-corrected chi connectivity index (χ1v) is 13.3. The summed E-state index contributed by atoms with van der Waals surface area (Å²) in [5, 5.41) is 5.21. The molecule has 0 spiro atoms. The number of ether oxygens (including phenoxy) is 1. The highest BCUT2D eigenvalue weighted by Crippen LogP contribution is 2.62. The van der Waals surface area contributed by atoms with Crippen LogP contribution >= 0.6 is 0 Å². The van der Waals surface area contributed by atoms with Gasteiger partial charge in [-0.15, -0.1) is 0 Å². The first kappa shape index (κ1) is 21.8. The van der Waals surface area contributed by atoms with Crippen molar-refractivity contribution in [1.29, 1.82) is 0 Å². The third-order valence-electron chi connectivity index (χ3n) is 8.86. The smallest absolute Gasteiger partial charge is 0.338 e. The van der Waals surface area contributed by atoms with Crippen LogP contribution in [0, 0.1) is 29.1 Å². The van der Waals surface area contributed by atoms with Gasteiger partial charge < -0.3 is 4.74 Å². The number of hydrogen-bond acceptors (Lipinski definition) is 5. The van der Waals surface area contributed by atoms with Crippen LogP contribution in [0.1, 0.15) is 68.6 Å². The Kier molecular flexibility index (Phi) is 5.32. The lowest BCUT2D eigenvalue weighted by Crippen LogP contribution is -2.48. The molecule has 7 heteroatoms. The summed E-state index contributed by atoms with van der Waals surface area (Å²) in [6.07, 6.45) is 9.61. The van der Waals surface area contributed by atoms with E-state index in [1.807, 2.05) is 6.08 Å². The second kappa shape index (κ2) is 7.80. The van der Waals surface area contributed by atoms with Crippen LogP contribution in [0.15, 0.2) is 40.8 Å². The number of ketones is 1. The summed E-state index contributed by atoms with van der Waals surface area (Å²) in [6.45, 7) is 2.27. The number of carbonyl (C=O) groups excluding carboxylic acids is 2. The first-order valence-electron chi connectivity index (χ1n) is 11.7. The number of nitrogens with two attached hydrogens (primary N) is 1. The Morgan fingerprint density at radius 3 is 2.69 bits per heavy atom. The lowest BCUT2D eigenvalue weighted by atomic mass is 9.52. The molecule has 6 atom stereocenters. The van der Waals surface area contributed by atoms with Crippen LogP contribution < -0.4 is 5.14 Å². The lowest BCUT2D eigenvalue weighted by molar-refractivity contribution is -0.116. The summed E-state index contributed by atoms with van der Waals surface area (Å²) in [6, 6.07) is 5.76. The van der Waals surface area contributed by atoms with E-state index in [4.69, 9.17) is 9.88 Å². The van der Waals surface area contributed by atoms with Crippen molar-refractivity contribution in [3.63, 3.8) is 0 Å². The average Bonchev–Trinajstić information content (AvgIpc) is 3.09. The third-order valence-corrected chi connectivity index (χ3v) is 9.77. The quantitative estimate of drug-likeness (QED) is 0.691. The van der Waals surface area contributed by atoms with Gasteiger partial charge >= 0.3 is 5.97 Å². The number of benzene rings is 1. The largest absolute Gasteiger partial charge is 0.458 e. The molecule has 0 amide bonds. The Bertz CT molecular complexity index is 1090. The molecular weight excluding hydrogens is 426 g/mol. The summed E-state index contributed by atoms with van der Waals surface area (Å²) >= 11 is 0. The molecule has 6 nitrogen and oxygen atoms in total. The summed E-state index contributed by atoms with van der Waals surface area (Å²) in [5.74, 6) is 2.15. The van der Waals surface area contributed by atoms with Crippen LogP contribution in [0.4, 0.5) is 0 Å². The minimum Gasteiger partial charge on any atom is -0.458 e. The molecule has 4 aliphatic carbocycles. The van der Waals surface area contributed by atoms with Gasteiger partial charge in [-0.2, -0.15) is 0 Å². The van der Waals surface area contributed by atoms with Crippen molar-refractivity contribution in [3.05, 3.63) is 41.5 Å². The van der Waals surface area contributed by atoms with Gasteiger partial charge in [-0.25, -0.2) is 18.4 Å². The summed E-state index contributed by atoms with van der Waals surface area (Å²) in [4.78, 5) is 24.7. The van der Waals surface area contributed by atoms with Crippen molar-refractivity contribution in [2.24, 2.45) is 34.2 Å². The normalized spacial score (nSPS) is 36.5. The van der Waals surface area contributed by atoms with Gasteiger partial charge in [-0.1, -0.05) is 18.6 Å². The molecule has 0 bridgehead atoms. The molecule has 0 saturated heterocycles. The van der Waals surface area contributed by atoms with Gasteiger partial charge in [0.1, 0.15) is 6.10 Å². The first-order chi connectivity index (χ1) is 15.2. The third kappa shape index (κ3) is 3.63. The fourth-order valence-corrected chi connectivity index (χ4v) is 7.88. The van der Waals surface area contributed by atoms with E-state index >= 15 is 0 Å². The van der Waals surface area contributed by atoms with Crippen LogP contribution in [0.25, 0.3) is 0 Å². The van der Waals surface area contributed by atoms with E-state index in [2.05, 4.69) is 6.92 Å². The van der Waals surface area contributed by atoms with E-state index in [1.165, 1.54) is 23.8 Å². The highest BCUT2D eigenvalue weighted by Gasteiger charge is 2.57. The molecule has 0 radical (unpaired) electrons. The van der Waals surface area contributed by atoms with Crippen molar-refractivity contribution in [3.8, 4) is 0 Å². The second-order valence-corrected chi connectivity index (χ2v) is 12.0. The van der Waals surface area contributed by atoms with Crippen molar-refractivity contribution in [2.45, 2.75) is 69.3 Å². The Labute approximate surface area is 189 Å².